The Morgan fingerprint density at radius 2 is 1.58 bits per heavy atom. The smallest absolute Gasteiger partial charge is 0.359 e. The van der Waals surface area contributed by atoms with Crippen LogP contribution < -0.4 is 11.2 Å². The van der Waals surface area contributed by atoms with Crippen molar-refractivity contribution in [3.8, 4) is 5.69 Å². The average molecular weight is 440 g/mol. The molecule has 0 saturated heterocycles. The minimum Gasteiger partial charge on any atom is -0.461 e. The summed E-state index contributed by atoms with van der Waals surface area (Å²) in [6.45, 7) is 0.499. The number of imidazole rings is 1. The molecule has 8 nitrogen and oxygen atoms in total. The van der Waals surface area contributed by atoms with Crippen LogP contribution in [0.25, 0.3) is 27.5 Å². The second-order valence-corrected chi connectivity index (χ2v) is 7.54. The molecule has 0 aliphatic heterocycles. The molecule has 5 rings (SSSR count). The van der Waals surface area contributed by atoms with Gasteiger partial charge in [0.15, 0.2) is 5.69 Å². The molecule has 164 valence electrons. The number of carbonyl (C=O) groups is 1. The Morgan fingerprint density at radius 3 is 2.39 bits per heavy atom. The SMILES string of the molecule is O=C(OCCCn1c(=O)[nH]c2ccccc21)c1nn(-c2ccccc2)c(=O)c2ccccc12. The molecule has 0 bridgehead atoms. The number of esters is 1. The van der Waals surface area contributed by atoms with Gasteiger partial charge in [-0.1, -0.05) is 48.5 Å². The Morgan fingerprint density at radius 1 is 0.879 bits per heavy atom. The molecular formula is C25H20N4O4. The van der Waals surface area contributed by atoms with Crippen molar-refractivity contribution in [2.45, 2.75) is 13.0 Å². The van der Waals surface area contributed by atoms with Gasteiger partial charge in [-0.25, -0.2) is 9.59 Å². The third-order valence-corrected chi connectivity index (χ3v) is 5.44. The minimum absolute atomic E-state index is 0.0679. The molecule has 0 aliphatic rings. The fraction of sp³-hybridized carbons (Fsp3) is 0.120. The van der Waals surface area contributed by atoms with Crippen LogP contribution in [-0.2, 0) is 11.3 Å². The number of fused-ring (bicyclic) bond motifs is 2. The van der Waals surface area contributed by atoms with E-state index in [-0.39, 0.29) is 23.5 Å². The Balaban J connectivity index is 1.38. The number of hydrogen-bond donors (Lipinski definition) is 1. The van der Waals surface area contributed by atoms with Crippen LogP contribution in [0.1, 0.15) is 16.9 Å². The summed E-state index contributed by atoms with van der Waals surface area (Å²) in [6.07, 6.45) is 0.448. The highest BCUT2D eigenvalue weighted by atomic mass is 16.5. The van der Waals surface area contributed by atoms with Crippen LogP contribution in [0.5, 0.6) is 0 Å². The molecule has 2 heterocycles. The Labute approximate surface area is 187 Å². The topological polar surface area (TPSA) is 99.0 Å². The summed E-state index contributed by atoms with van der Waals surface area (Å²) in [4.78, 5) is 40.9. The lowest BCUT2D eigenvalue weighted by Gasteiger charge is -2.11. The first-order valence-corrected chi connectivity index (χ1v) is 10.6. The molecule has 0 unspecified atom stereocenters. The van der Waals surface area contributed by atoms with Gasteiger partial charge in [0.25, 0.3) is 5.56 Å². The zero-order chi connectivity index (χ0) is 22.8. The zero-order valence-corrected chi connectivity index (χ0v) is 17.6. The molecular weight excluding hydrogens is 420 g/mol. The number of aromatic amines is 1. The van der Waals surface area contributed by atoms with Crippen molar-refractivity contribution < 1.29 is 9.53 Å². The highest BCUT2D eigenvalue weighted by molar-refractivity contribution is 6.02. The summed E-state index contributed by atoms with van der Waals surface area (Å²) in [5, 5.41) is 5.14. The van der Waals surface area contributed by atoms with Gasteiger partial charge in [-0.2, -0.15) is 9.78 Å². The number of H-pyrrole nitrogens is 1. The van der Waals surface area contributed by atoms with Crippen molar-refractivity contribution in [3.63, 3.8) is 0 Å². The lowest BCUT2D eigenvalue weighted by molar-refractivity contribution is 0.0489. The number of carbonyl (C=O) groups excluding carboxylic acids is 1. The van der Waals surface area contributed by atoms with Crippen LogP contribution >= 0.6 is 0 Å². The van der Waals surface area contributed by atoms with E-state index in [9.17, 15) is 14.4 Å². The van der Waals surface area contributed by atoms with Gasteiger partial charge in [0.1, 0.15) is 0 Å². The van der Waals surface area contributed by atoms with E-state index in [4.69, 9.17) is 4.74 Å². The van der Waals surface area contributed by atoms with Gasteiger partial charge >= 0.3 is 11.7 Å². The molecule has 5 aromatic rings. The molecule has 3 aromatic carbocycles. The molecule has 2 aromatic heterocycles. The number of ether oxygens (including phenoxy) is 1. The number of nitrogens with zero attached hydrogens (tertiary/aromatic N) is 3. The molecule has 8 heteroatoms. The summed E-state index contributed by atoms with van der Waals surface area (Å²) in [6, 6.07) is 23.2. The fourth-order valence-corrected chi connectivity index (χ4v) is 3.87. The van der Waals surface area contributed by atoms with E-state index in [0.717, 1.165) is 11.0 Å². The van der Waals surface area contributed by atoms with Gasteiger partial charge in [-0.3, -0.25) is 9.36 Å². The van der Waals surface area contributed by atoms with Crippen LogP contribution in [0, 0.1) is 0 Å². The standard InChI is InChI=1S/C25H20N4O4/c30-23-19-12-5-4-11-18(19)22(27-29(23)17-9-2-1-3-10-17)24(31)33-16-8-15-28-21-14-7-6-13-20(21)26-25(28)32/h1-7,9-14H,8,15-16H2,(H,26,32). The highest BCUT2D eigenvalue weighted by Crippen LogP contribution is 2.16. The number of rotatable bonds is 6. The summed E-state index contributed by atoms with van der Waals surface area (Å²) < 4.78 is 8.30. The van der Waals surface area contributed by atoms with Crippen molar-refractivity contribution in [1.82, 2.24) is 19.3 Å². The van der Waals surface area contributed by atoms with Crippen molar-refractivity contribution >= 4 is 27.8 Å². The Hall–Kier alpha value is -4.46. The first-order chi connectivity index (χ1) is 16.1. The first-order valence-electron chi connectivity index (χ1n) is 10.6. The molecule has 0 aliphatic carbocycles. The van der Waals surface area contributed by atoms with Crippen molar-refractivity contribution in [3.05, 3.63) is 105 Å². The number of aryl methyl sites for hydroxylation is 1. The molecule has 0 amide bonds. The lowest BCUT2D eigenvalue weighted by atomic mass is 10.1. The summed E-state index contributed by atoms with van der Waals surface area (Å²) in [7, 11) is 0. The van der Waals surface area contributed by atoms with Gasteiger partial charge in [0.2, 0.25) is 0 Å². The molecule has 0 spiro atoms. The van der Waals surface area contributed by atoms with Crippen molar-refractivity contribution in [1.29, 1.82) is 0 Å². The van der Waals surface area contributed by atoms with E-state index in [1.165, 1.54) is 4.68 Å². The fourth-order valence-electron chi connectivity index (χ4n) is 3.87. The molecule has 0 radical (unpaired) electrons. The Kier molecular flexibility index (Phi) is 5.32. The van der Waals surface area contributed by atoms with Gasteiger partial charge in [0, 0.05) is 11.9 Å². The number of aromatic nitrogens is 4. The molecule has 33 heavy (non-hydrogen) atoms. The maximum absolute atomic E-state index is 12.9. The van der Waals surface area contributed by atoms with Crippen LogP contribution in [-0.4, -0.2) is 31.9 Å². The predicted molar refractivity (Wildman–Crippen MR) is 125 cm³/mol. The lowest BCUT2D eigenvalue weighted by Crippen LogP contribution is -2.25. The maximum atomic E-state index is 12.9. The average Bonchev–Trinajstić information content (AvgIpc) is 3.17. The number of hydrogen-bond acceptors (Lipinski definition) is 5. The second-order valence-electron chi connectivity index (χ2n) is 7.54. The second kappa shape index (κ2) is 8.58. The van der Waals surface area contributed by atoms with Gasteiger partial charge in [-0.05, 0) is 36.8 Å². The van der Waals surface area contributed by atoms with E-state index < -0.39 is 5.97 Å². The monoisotopic (exact) mass is 440 g/mol. The van der Waals surface area contributed by atoms with E-state index in [1.807, 2.05) is 30.3 Å². The number of benzene rings is 3. The van der Waals surface area contributed by atoms with E-state index >= 15 is 0 Å². The predicted octanol–water partition coefficient (Wildman–Crippen LogP) is 3.28. The highest BCUT2D eigenvalue weighted by Gasteiger charge is 2.18. The number of para-hydroxylation sites is 3. The van der Waals surface area contributed by atoms with Crippen LogP contribution in [0.4, 0.5) is 0 Å². The molecule has 0 saturated carbocycles. The van der Waals surface area contributed by atoms with Gasteiger partial charge in [0.05, 0.1) is 28.7 Å². The van der Waals surface area contributed by atoms with Crippen LogP contribution in [0.15, 0.2) is 88.5 Å². The van der Waals surface area contributed by atoms with Crippen LogP contribution in [0.2, 0.25) is 0 Å². The molecule has 0 atom stereocenters. The first kappa shape index (κ1) is 20.4. The van der Waals surface area contributed by atoms with E-state index in [1.54, 1.807) is 53.1 Å². The molecule has 1 N–H and O–H groups in total. The van der Waals surface area contributed by atoms with Crippen molar-refractivity contribution in [2.75, 3.05) is 6.61 Å². The van der Waals surface area contributed by atoms with Gasteiger partial charge < -0.3 is 9.72 Å². The van der Waals surface area contributed by atoms with E-state index in [0.29, 0.717) is 29.4 Å². The minimum atomic E-state index is -0.623. The number of nitrogens with one attached hydrogen (secondary N) is 1. The van der Waals surface area contributed by atoms with Crippen LogP contribution in [0.3, 0.4) is 0 Å². The normalized spacial score (nSPS) is 11.2. The third-order valence-electron chi connectivity index (χ3n) is 5.44. The quantitative estimate of drug-likeness (QED) is 0.323. The summed E-state index contributed by atoms with van der Waals surface area (Å²) in [5.74, 6) is -0.623. The summed E-state index contributed by atoms with van der Waals surface area (Å²) >= 11 is 0. The largest absolute Gasteiger partial charge is 0.461 e. The van der Waals surface area contributed by atoms with Crippen molar-refractivity contribution in [2.24, 2.45) is 0 Å². The van der Waals surface area contributed by atoms with Gasteiger partial charge in [-0.15, -0.1) is 0 Å². The molecule has 0 fully saturated rings. The maximum Gasteiger partial charge on any atom is 0.359 e. The Bertz CT molecular complexity index is 1580. The third kappa shape index (κ3) is 3.82. The van der Waals surface area contributed by atoms with E-state index in [2.05, 4.69) is 10.1 Å². The summed E-state index contributed by atoms with van der Waals surface area (Å²) in [5.41, 5.74) is 1.67. The zero-order valence-electron chi connectivity index (χ0n) is 17.6.